The van der Waals surface area contributed by atoms with Gasteiger partial charge in [0.05, 0.1) is 5.69 Å². The molecule has 1 aromatic rings. The highest BCUT2D eigenvalue weighted by molar-refractivity contribution is 5.94. The number of nitrogens with one attached hydrogen (secondary N) is 3. The number of anilines is 2. The van der Waals surface area contributed by atoms with E-state index in [0.29, 0.717) is 24.4 Å². The topological polar surface area (TPSA) is 53.2 Å². The van der Waals surface area contributed by atoms with Gasteiger partial charge in [-0.25, -0.2) is 4.39 Å². The number of hydrogen-bond acceptors (Lipinski definition) is 3. The molecular weight excluding hydrogens is 257 g/mol. The molecule has 3 N–H and O–H groups in total. The third kappa shape index (κ3) is 2.93. The van der Waals surface area contributed by atoms with Crippen molar-refractivity contribution in [3.63, 3.8) is 0 Å². The highest BCUT2D eigenvalue weighted by Crippen LogP contribution is 2.29. The zero-order valence-corrected chi connectivity index (χ0v) is 11.5. The van der Waals surface area contributed by atoms with Crippen molar-refractivity contribution in [2.75, 3.05) is 30.3 Å². The van der Waals surface area contributed by atoms with Gasteiger partial charge in [0.2, 0.25) is 5.91 Å². The van der Waals surface area contributed by atoms with Gasteiger partial charge in [-0.1, -0.05) is 0 Å². The first-order valence-corrected chi connectivity index (χ1v) is 7.29. The Bertz CT molecular complexity index is 512. The molecular formula is C15H20FN3O. The molecule has 0 aliphatic carbocycles. The molecule has 1 saturated heterocycles. The maximum Gasteiger partial charge on any atom is 0.224 e. The van der Waals surface area contributed by atoms with Crippen LogP contribution in [0.3, 0.4) is 0 Å². The van der Waals surface area contributed by atoms with Crippen molar-refractivity contribution < 1.29 is 9.18 Å². The molecule has 0 bridgehead atoms. The summed E-state index contributed by atoms with van der Waals surface area (Å²) in [5, 5.41) is 9.32. The molecule has 3 rings (SSSR count). The lowest BCUT2D eigenvalue weighted by Crippen LogP contribution is -2.31. The maximum absolute atomic E-state index is 14.0. The largest absolute Gasteiger partial charge is 0.382 e. The summed E-state index contributed by atoms with van der Waals surface area (Å²) in [5.74, 6) is 0.364. The van der Waals surface area contributed by atoms with Crippen LogP contribution in [0.1, 0.15) is 24.8 Å². The summed E-state index contributed by atoms with van der Waals surface area (Å²) in [6.07, 6.45) is 3.30. The summed E-state index contributed by atoms with van der Waals surface area (Å²) < 4.78 is 14.0. The second-order valence-corrected chi connectivity index (χ2v) is 5.61. The molecule has 0 radical (unpaired) electrons. The van der Waals surface area contributed by atoms with Gasteiger partial charge in [-0.3, -0.25) is 4.79 Å². The first kappa shape index (κ1) is 13.4. The lowest BCUT2D eigenvalue weighted by molar-refractivity contribution is -0.116. The molecule has 1 amide bonds. The van der Waals surface area contributed by atoms with Crippen LogP contribution in [0.15, 0.2) is 12.1 Å². The second kappa shape index (κ2) is 5.79. The Morgan fingerprint density at radius 2 is 2.05 bits per heavy atom. The molecule has 2 heterocycles. The minimum atomic E-state index is -0.228. The fourth-order valence-electron chi connectivity index (χ4n) is 2.87. The Kier molecular flexibility index (Phi) is 3.87. The molecule has 0 saturated carbocycles. The zero-order valence-electron chi connectivity index (χ0n) is 11.5. The van der Waals surface area contributed by atoms with Crippen LogP contribution >= 0.6 is 0 Å². The maximum atomic E-state index is 14.0. The van der Waals surface area contributed by atoms with E-state index >= 15 is 0 Å². The molecule has 2 aliphatic heterocycles. The number of benzene rings is 1. The van der Waals surface area contributed by atoms with Crippen molar-refractivity contribution in [3.8, 4) is 0 Å². The van der Waals surface area contributed by atoms with Crippen molar-refractivity contribution in [2.45, 2.75) is 25.7 Å². The molecule has 0 atom stereocenters. The summed E-state index contributed by atoms with van der Waals surface area (Å²) in [5.41, 5.74) is 2.12. The van der Waals surface area contributed by atoms with Gasteiger partial charge in [-0.05, 0) is 56.0 Å². The molecule has 0 aromatic heterocycles. The first-order valence-electron chi connectivity index (χ1n) is 7.29. The highest BCUT2D eigenvalue weighted by Gasteiger charge is 2.18. The lowest BCUT2D eigenvalue weighted by Gasteiger charge is -2.24. The van der Waals surface area contributed by atoms with E-state index < -0.39 is 0 Å². The van der Waals surface area contributed by atoms with Gasteiger partial charge in [0.25, 0.3) is 0 Å². The summed E-state index contributed by atoms with van der Waals surface area (Å²) in [6, 6.07) is 3.27. The van der Waals surface area contributed by atoms with Crippen LogP contribution in [-0.4, -0.2) is 25.5 Å². The van der Waals surface area contributed by atoms with Gasteiger partial charge >= 0.3 is 0 Å². The second-order valence-electron chi connectivity index (χ2n) is 5.61. The van der Waals surface area contributed by atoms with Gasteiger partial charge in [-0.15, -0.1) is 0 Å². The summed E-state index contributed by atoms with van der Waals surface area (Å²) in [7, 11) is 0. The number of aryl methyl sites for hydroxylation is 1. The summed E-state index contributed by atoms with van der Waals surface area (Å²) >= 11 is 0. The molecule has 20 heavy (non-hydrogen) atoms. The van der Waals surface area contributed by atoms with E-state index in [1.54, 1.807) is 12.1 Å². The molecule has 0 spiro atoms. The van der Waals surface area contributed by atoms with Crippen molar-refractivity contribution in [1.82, 2.24) is 5.32 Å². The van der Waals surface area contributed by atoms with E-state index in [2.05, 4.69) is 16.0 Å². The number of carbonyl (C=O) groups is 1. The van der Waals surface area contributed by atoms with Crippen molar-refractivity contribution >= 4 is 17.3 Å². The summed E-state index contributed by atoms with van der Waals surface area (Å²) in [6.45, 7) is 2.86. The number of halogens is 1. The minimum absolute atomic E-state index is 0.00779. The van der Waals surface area contributed by atoms with E-state index in [4.69, 9.17) is 0 Å². The van der Waals surface area contributed by atoms with E-state index in [-0.39, 0.29) is 11.7 Å². The van der Waals surface area contributed by atoms with E-state index in [1.165, 1.54) is 0 Å². The van der Waals surface area contributed by atoms with Crippen molar-refractivity contribution in [2.24, 2.45) is 5.92 Å². The number of amides is 1. The SMILES string of the molecule is O=C1CCc2cc(F)c(NCC3CCNCC3)cc2N1. The van der Waals surface area contributed by atoms with Crippen LogP contribution in [-0.2, 0) is 11.2 Å². The van der Waals surface area contributed by atoms with Gasteiger partial charge in [0.1, 0.15) is 5.82 Å². The monoisotopic (exact) mass is 277 g/mol. The van der Waals surface area contributed by atoms with Crippen LogP contribution in [0.4, 0.5) is 15.8 Å². The molecule has 1 fully saturated rings. The third-order valence-corrected chi connectivity index (χ3v) is 4.13. The van der Waals surface area contributed by atoms with E-state index in [1.807, 2.05) is 0 Å². The smallest absolute Gasteiger partial charge is 0.224 e. The standard InChI is InChI=1S/C15H20FN3O/c16-12-7-11-1-2-15(20)19-13(11)8-14(12)18-9-10-3-5-17-6-4-10/h7-8,10,17-18H,1-6,9H2,(H,19,20). The number of fused-ring (bicyclic) bond motifs is 1. The van der Waals surface area contributed by atoms with Crippen molar-refractivity contribution in [1.29, 1.82) is 0 Å². The molecule has 108 valence electrons. The molecule has 4 nitrogen and oxygen atoms in total. The Hall–Kier alpha value is -1.62. The minimum Gasteiger partial charge on any atom is -0.382 e. The number of rotatable bonds is 3. The average molecular weight is 277 g/mol. The highest BCUT2D eigenvalue weighted by atomic mass is 19.1. The normalized spacial score (nSPS) is 19.4. The predicted molar refractivity (Wildman–Crippen MR) is 77.4 cm³/mol. The van der Waals surface area contributed by atoms with Crippen LogP contribution in [0.25, 0.3) is 0 Å². The Morgan fingerprint density at radius 3 is 2.85 bits per heavy atom. The summed E-state index contributed by atoms with van der Waals surface area (Å²) in [4.78, 5) is 11.4. The van der Waals surface area contributed by atoms with Gasteiger partial charge in [-0.2, -0.15) is 0 Å². The van der Waals surface area contributed by atoms with Crippen LogP contribution in [0, 0.1) is 11.7 Å². The van der Waals surface area contributed by atoms with E-state index in [0.717, 1.165) is 43.7 Å². The first-order chi connectivity index (χ1) is 9.72. The Labute approximate surface area is 118 Å². The predicted octanol–water partition coefficient (Wildman–Crippen LogP) is 2.12. The number of carbonyl (C=O) groups excluding carboxylic acids is 1. The van der Waals surface area contributed by atoms with E-state index in [9.17, 15) is 9.18 Å². The average Bonchev–Trinajstić information content (AvgIpc) is 2.46. The zero-order chi connectivity index (χ0) is 13.9. The number of piperidine rings is 1. The fourth-order valence-corrected chi connectivity index (χ4v) is 2.87. The van der Waals surface area contributed by atoms with Gasteiger partial charge in [0, 0.05) is 18.7 Å². The molecule has 1 aromatic carbocycles. The number of hydrogen-bond donors (Lipinski definition) is 3. The van der Waals surface area contributed by atoms with Crippen molar-refractivity contribution in [3.05, 3.63) is 23.5 Å². The Morgan fingerprint density at radius 1 is 1.25 bits per heavy atom. The van der Waals surface area contributed by atoms with Crippen LogP contribution < -0.4 is 16.0 Å². The van der Waals surface area contributed by atoms with Gasteiger partial charge < -0.3 is 16.0 Å². The quantitative estimate of drug-likeness (QED) is 0.793. The van der Waals surface area contributed by atoms with Crippen LogP contribution in [0.2, 0.25) is 0 Å². The van der Waals surface area contributed by atoms with Crippen LogP contribution in [0.5, 0.6) is 0 Å². The Balaban J connectivity index is 1.69. The third-order valence-electron chi connectivity index (χ3n) is 4.13. The lowest BCUT2D eigenvalue weighted by atomic mass is 9.98. The van der Waals surface area contributed by atoms with Gasteiger partial charge in [0.15, 0.2) is 0 Å². The molecule has 2 aliphatic rings. The fraction of sp³-hybridized carbons (Fsp3) is 0.533. The molecule has 0 unspecified atom stereocenters. The molecule has 5 heteroatoms.